The second-order valence-corrected chi connectivity index (χ2v) is 6.45. The first-order valence-corrected chi connectivity index (χ1v) is 8.35. The third kappa shape index (κ3) is 5.06. The van der Waals surface area contributed by atoms with Crippen molar-refractivity contribution in [3.05, 3.63) is 70.7 Å². The van der Waals surface area contributed by atoms with Gasteiger partial charge in [0.15, 0.2) is 0 Å². The normalized spacial score (nSPS) is 13.5. The smallest absolute Gasteiger partial charge is 0.237 e. The fourth-order valence-corrected chi connectivity index (χ4v) is 2.87. The molecule has 4 nitrogen and oxygen atoms in total. The van der Waals surface area contributed by atoms with Crippen molar-refractivity contribution in [2.24, 2.45) is 5.73 Å². The number of likely N-dealkylation sites (N-methyl/N-ethyl adjacent to an activating group) is 1. The van der Waals surface area contributed by atoms with Crippen molar-refractivity contribution in [1.29, 1.82) is 0 Å². The molecule has 128 valence electrons. The summed E-state index contributed by atoms with van der Waals surface area (Å²) in [4.78, 5) is 14.3. The molecule has 0 radical (unpaired) electrons. The number of rotatable bonds is 7. The Hall–Kier alpha value is -1.88. The number of amides is 1. The highest BCUT2D eigenvalue weighted by atomic mass is 35.5. The van der Waals surface area contributed by atoms with Gasteiger partial charge in [0.2, 0.25) is 5.91 Å². The molecule has 0 aliphatic carbocycles. The van der Waals surface area contributed by atoms with Crippen LogP contribution in [-0.4, -0.2) is 37.5 Å². The Morgan fingerprint density at radius 1 is 1.12 bits per heavy atom. The van der Waals surface area contributed by atoms with Gasteiger partial charge in [-0.15, -0.1) is 0 Å². The van der Waals surface area contributed by atoms with E-state index in [4.69, 9.17) is 17.3 Å². The summed E-state index contributed by atoms with van der Waals surface area (Å²) in [5.74, 6) is -0.155. The highest BCUT2D eigenvalue weighted by Gasteiger charge is 2.20. The van der Waals surface area contributed by atoms with Crippen LogP contribution in [0.2, 0.25) is 5.02 Å². The molecule has 0 spiro atoms. The molecule has 2 aromatic carbocycles. The molecule has 0 bridgehead atoms. The number of nitrogens with two attached hydrogens (primary N) is 1. The zero-order chi connectivity index (χ0) is 17.5. The first-order valence-electron chi connectivity index (χ1n) is 7.97. The third-order valence-corrected chi connectivity index (χ3v) is 4.34. The van der Waals surface area contributed by atoms with Crippen LogP contribution in [0.25, 0.3) is 0 Å². The van der Waals surface area contributed by atoms with E-state index in [0.29, 0.717) is 18.0 Å². The molecular weight excluding hydrogens is 322 g/mol. The van der Waals surface area contributed by atoms with Gasteiger partial charge in [0.1, 0.15) is 0 Å². The lowest BCUT2D eigenvalue weighted by molar-refractivity contribution is -0.122. The van der Waals surface area contributed by atoms with Gasteiger partial charge in [-0.2, -0.15) is 0 Å². The lowest BCUT2D eigenvalue weighted by atomic mass is 10.0. The van der Waals surface area contributed by atoms with Gasteiger partial charge >= 0.3 is 0 Å². The summed E-state index contributed by atoms with van der Waals surface area (Å²) < 4.78 is 0. The molecule has 2 aromatic rings. The molecule has 3 N–H and O–H groups in total. The van der Waals surface area contributed by atoms with Crippen molar-refractivity contribution in [2.45, 2.75) is 18.5 Å². The van der Waals surface area contributed by atoms with E-state index in [9.17, 15) is 4.79 Å². The largest absolute Gasteiger partial charge is 0.353 e. The molecule has 2 rings (SSSR count). The van der Waals surface area contributed by atoms with E-state index >= 15 is 0 Å². The first-order chi connectivity index (χ1) is 11.5. The van der Waals surface area contributed by atoms with Gasteiger partial charge in [-0.25, -0.2) is 0 Å². The maximum Gasteiger partial charge on any atom is 0.237 e. The summed E-state index contributed by atoms with van der Waals surface area (Å²) in [6.45, 7) is 0.456. The summed E-state index contributed by atoms with van der Waals surface area (Å²) in [7, 11) is 3.92. The summed E-state index contributed by atoms with van der Waals surface area (Å²) >= 11 is 6.28. The lowest BCUT2D eigenvalue weighted by Gasteiger charge is -2.26. The van der Waals surface area contributed by atoms with E-state index in [1.54, 1.807) is 0 Å². The van der Waals surface area contributed by atoms with Gasteiger partial charge in [-0.1, -0.05) is 60.1 Å². The lowest BCUT2D eigenvalue weighted by Crippen LogP contribution is -2.44. The number of halogens is 1. The summed E-state index contributed by atoms with van der Waals surface area (Å²) in [6.07, 6.45) is 0.519. The average Bonchev–Trinajstić information content (AvgIpc) is 2.57. The Kier molecular flexibility index (Phi) is 6.79. The van der Waals surface area contributed by atoms with E-state index < -0.39 is 6.04 Å². The Labute approximate surface area is 148 Å². The first kappa shape index (κ1) is 18.5. The number of benzene rings is 2. The number of carbonyl (C=O) groups excluding carboxylic acids is 1. The molecule has 2 atom stereocenters. The van der Waals surface area contributed by atoms with Gasteiger partial charge in [0, 0.05) is 11.6 Å². The van der Waals surface area contributed by atoms with Crippen LogP contribution < -0.4 is 11.1 Å². The predicted molar refractivity (Wildman–Crippen MR) is 99.0 cm³/mol. The summed E-state index contributed by atoms with van der Waals surface area (Å²) in [5, 5.41) is 3.64. The average molecular weight is 346 g/mol. The minimum atomic E-state index is -0.568. The Balaban J connectivity index is 1.96. The third-order valence-electron chi connectivity index (χ3n) is 3.99. The molecule has 0 fully saturated rings. The van der Waals surface area contributed by atoms with E-state index in [1.165, 1.54) is 0 Å². The van der Waals surface area contributed by atoms with Crippen LogP contribution in [0.4, 0.5) is 0 Å². The molecule has 0 aliphatic heterocycles. The van der Waals surface area contributed by atoms with Gasteiger partial charge in [-0.3, -0.25) is 4.79 Å². The minimum absolute atomic E-state index is 0.00780. The zero-order valence-corrected chi connectivity index (χ0v) is 14.8. The van der Waals surface area contributed by atoms with Crippen LogP contribution in [0.1, 0.15) is 17.2 Å². The van der Waals surface area contributed by atoms with Crippen LogP contribution in [0, 0.1) is 0 Å². The zero-order valence-electron chi connectivity index (χ0n) is 14.1. The monoisotopic (exact) mass is 345 g/mol. The molecule has 5 heteroatoms. The quantitative estimate of drug-likeness (QED) is 0.811. The van der Waals surface area contributed by atoms with Crippen LogP contribution in [0.3, 0.4) is 0 Å². The van der Waals surface area contributed by atoms with Crippen molar-refractivity contribution in [3.63, 3.8) is 0 Å². The Bertz CT molecular complexity index is 661. The van der Waals surface area contributed by atoms with Gasteiger partial charge < -0.3 is 16.0 Å². The Morgan fingerprint density at radius 2 is 1.75 bits per heavy atom. The fourth-order valence-electron chi connectivity index (χ4n) is 2.61. The van der Waals surface area contributed by atoms with Crippen molar-refractivity contribution in [1.82, 2.24) is 10.2 Å². The van der Waals surface area contributed by atoms with Gasteiger partial charge in [-0.05, 0) is 37.7 Å². The fraction of sp³-hybridized carbons (Fsp3) is 0.316. The molecule has 0 saturated heterocycles. The Morgan fingerprint density at radius 3 is 2.38 bits per heavy atom. The molecule has 24 heavy (non-hydrogen) atoms. The van der Waals surface area contributed by atoms with E-state index in [0.717, 1.165) is 11.1 Å². The van der Waals surface area contributed by atoms with Crippen molar-refractivity contribution >= 4 is 17.5 Å². The number of hydrogen-bond acceptors (Lipinski definition) is 3. The van der Waals surface area contributed by atoms with Crippen LogP contribution in [-0.2, 0) is 11.2 Å². The number of nitrogens with zero attached hydrogens (tertiary/aromatic N) is 1. The topological polar surface area (TPSA) is 58.4 Å². The molecule has 0 aromatic heterocycles. The number of nitrogens with one attached hydrogen (secondary N) is 1. The van der Waals surface area contributed by atoms with E-state index in [2.05, 4.69) is 5.32 Å². The van der Waals surface area contributed by atoms with Crippen molar-refractivity contribution in [3.8, 4) is 0 Å². The maximum absolute atomic E-state index is 12.3. The molecule has 2 unspecified atom stereocenters. The van der Waals surface area contributed by atoms with Gasteiger partial charge in [0.25, 0.3) is 0 Å². The van der Waals surface area contributed by atoms with Crippen LogP contribution in [0.5, 0.6) is 0 Å². The minimum Gasteiger partial charge on any atom is -0.353 e. The molecule has 0 saturated carbocycles. The van der Waals surface area contributed by atoms with Gasteiger partial charge in [0.05, 0.1) is 12.1 Å². The van der Waals surface area contributed by atoms with Crippen LogP contribution in [0.15, 0.2) is 54.6 Å². The van der Waals surface area contributed by atoms with Crippen molar-refractivity contribution < 1.29 is 4.79 Å². The SMILES string of the molecule is CN(C)C(CNC(=O)C(N)Cc1ccccc1)c1ccccc1Cl. The van der Waals surface area contributed by atoms with E-state index in [1.807, 2.05) is 73.6 Å². The number of hydrogen-bond donors (Lipinski definition) is 2. The summed E-state index contributed by atoms with van der Waals surface area (Å²) in [5.41, 5.74) is 8.07. The highest BCUT2D eigenvalue weighted by Crippen LogP contribution is 2.25. The molecule has 0 aliphatic rings. The highest BCUT2D eigenvalue weighted by molar-refractivity contribution is 6.31. The number of carbonyl (C=O) groups is 1. The molecular formula is C19H24ClN3O. The van der Waals surface area contributed by atoms with Crippen molar-refractivity contribution in [2.75, 3.05) is 20.6 Å². The second kappa shape index (κ2) is 8.83. The van der Waals surface area contributed by atoms with Crippen LogP contribution >= 0.6 is 11.6 Å². The second-order valence-electron chi connectivity index (χ2n) is 6.04. The van der Waals surface area contributed by atoms with E-state index in [-0.39, 0.29) is 11.9 Å². The molecule has 1 amide bonds. The molecule has 0 heterocycles. The predicted octanol–water partition coefficient (Wildman–Crippen LogP) is 2.63. The standard InChI is InChI=1S/C19H24ClN3O/c1-23(2)18(15-10-6-7-11-16(15)20)13-22-19(24)17(21)12-14-8-4-3-5-9-14/h3-11,17-18H,12-13,21H2,1-2H3,(H,22,24). The maximum atomic E-state index is 12.3. The summed E-state index contributed by atoms with van der Waals surface area (Å²) in [6, 6.07) is 16.9.